The molecule has 1 aliphatic heterocycles. The summed E-state index contributed by atoms with van der Waals surface area (Å²) >= 11 is 1.34. The molecule has 0 aliphatic carbocycles. The van der Waals surface area contributed by atoms with E-state index < -0.39 is 12.5 Å². The number of fused-ring (bicyclic) bond motifs is 3. The summed E-state index contributed by atoms with van der Waals surface area (Å²) in [6.07, 6.45) is -5.85. The maximum absolute atomic E-state index is 12.5. The monoisotopic (exact) mass is 435 g/mol. The van der Waals surface area contributed by atoms with Crippen LogP contribution in [0.25, 0.3) is 10.4 Å². The summed E-state index contributed by atoms with van der Waals surface area (Å²) in [5, 5.41) is 12.9. The molecule has 1 atom stereocenters. The summed E-state index contributed by atoms with van der Waals surface area (Å²) in [5.74, 6) is 0.0456. The summed E-state index contributed by atoms with van der Waals surface area (Å²) < 4.78 is 46.1. The van der Waals surface area contributed by atoms with E-state index in [1.807, 2.05) is 24.3 Å². The van der Waals surface area contributed by atoms with Gasteiger partial charge in [-0.2, -0.15) is 0 Å². The third-order valence-corrected chi connectivity index (χ3v) is 5.71. The zero-order valence-electron chi connectivity index (χ0n) is 15.4. The van der Waals surface area contributed by atoms with Crippen molar-refractivity contribution in [3.63, 3.8) is 0 Å². The van der Waals surface area contributed by atoms with E-state index in [1.54, 1.807) is 6.07 Å². The number of rotatable bonds is 5. The number of aliphatic hydroxyl groups is 1. The molecule has 30 heavy (non-hydrogen) atoms. The van der Waals surface area contributed by atoms with E-state index in [4.69, 9.17) is 4.74 Å². The minimum Gasteiger partial charge on any atom is -0.488 e. The van der Waals surface area contributed by atoms with Gasteiger partial charge in [-0.25, -0.2) is 0 Å². The lowest BCUT2D eigenvalue weighted by atomic mass is 10.1. The van der Waals surface area contributed by atoms with Gasteiger partial charge in [-0.15, -0.1) is 24.5 Å². The Bertz CT molecular complexity index is 1060. The highest BCUT2D eigenvalue weighted by Crippen LogP contribution is 2.42. The quantitative estimate of drug-likeness (QED) is 0.611. The van der Waals surface area contributed by atoms with Gasteiger partial charge in [-0.1, -0.05) is 24.3 Å². The molecular formula is C21H16F3NO4S. The van der Waals surface area contributed by atoms with E-state index >= 15 is 0 Å². The van der Waals surface area contributed by atoms with Crippen molar-refractivity contribution in [3.8, 4) is 21.9 Å². The zero-order chi connectivity index (χ0) is 21.3. The lowest BCUT2D eigenvalue weighted by Gasteiger charge is -2.16. The van der Waals surface area contributed by atoms with E-state index in [1.165, 1.54) is 23.5 Å². The van der Waals surface area contributed by atoms with Gasteiger partial charge in [0.25, 0.3) is 5.91 Å². The van der Waals surface area contributed by atoms with Gasteiger partial charge >= 0.3 is 6.36 Å². The highest BCUT2D eigenvalue weighted by atomic mass is 32.1. The van der Waals surface area contributed by atoms with Crippen molar-refractivity contribution >= 4 is 17.2 Å². The number of para-hydroxylation sites is 1. The average Bonchev–Trinajstić information content (AvgIpc) is 3.16. The number of hydrogen-bond acceptors (Lipinski definition) is 5. The van der Waals surface area contributed by atoms with Crippen LogP contribution in [-0.2, 0) is 6.61 Å². The molecule has 156 valence electrons. The molecule has 0 fully saturated rings. The van der Waals surface area contributed by atoms with Gasteiger partial charge in [-0.3, -0.25) is 4.79 Å². The molecule has 1 aromatic heterocycles. The fourth-order valence-electron chi connectivity index (χ4n) is 3.10. The lowest BCUT2D eigenvalue weighted by Crippen LogP contribution is -2.27. The predicted octanol–water partition coefficient (Wildman–Crippen LogP) is 4.67. The van der Waals surface area contributed by atoms with Crippen LogP contribution in [0.5, 0.6) is 11.5 Å². The van der Waals surface area contributed by atoms with Crippen LogP contribution in [0.2, 0.25) is 0 Å². The number of alkyl halides is 3. The topological polar surface area (TPSA) is 67.8 Å². The van der Waals surface area contributed by atoms with Crippen LogP contribution in [0, 0.1) is 0 Å². The number of carbonyl (C=O) groups excluding carboxylic acids is 1. The molecule has 1 unspecified atom stereocenters. The van der Waals surface area contributed by atoms with Crippen molar-refractivity contribution in [2.75, 3.05) is 6.54 Å². The first kappa shape index (κ1) is 20.2. The normalized spacial score (nSPS) is 13.6. The molecule has 0 saturated heterocycles. The number of hydrogen-bond donors (Lipinski definition) is 2. The van der Waals surface area contributed by atoms with Crippen LogP contribution < -0.4 is 14.8 Å². The Kier molecular flexibility index (Phi) is 5.40. The number of halogens is 3. The minimum atomic E-state index is -4.78. The molecule has 2 N–H and O–H groups in total. The Labute approximate surface area is 173 Å². The number of ether oxygens (including phenoxy) is 2. The molecule has 0 spiro atoms. The van der Waals surface area contributed by atoms with Crippen LogP contribution >= 0.6 is 11.3 Å². The van der Waals surface area contributed by atoms with Gasteiger partial charge in [0.15, 0.2) is 0 Å². The summed E-state index contributed by atoms with van der Waals surface area (Å²) in [6.45, 7) is 0.291. The van der Waals surface area contributed by atoms with Crippen LogP contribution in [0.3, 0.4) is 0 Å². The summed E-state index contributed by atoms with van der Waals surface area (Å²) in [4.78, 5) is 14.0. The summed E-state index contributed by atoms with van der Waals surface area (Å²) in [6, 6.07) is 14.2. The molecule has 1 aliphatic rings. The Morgan fingerprint density at radius 2 is 1.93 bits per heavy atom. The number of nitrogens with one attached hydrogen (secondary N) is 1. The van der Waals surface area contributed by atoms with E-state index in [9.17, 15) is 23.1 Å². The predicted molar refractivity (Wildman–Crippen MR) is 105 cm³/mol. The largest absolute Gasteiger partial charge is 0.573 e. The first-order valence-corrected chi connectivity index (χ1v) is 9.79. The maximum atomic E-state index is 12.5. The smallest absolute Gasteiger partial charge is 0.488 e. The second-order valence-corrected chi connectivity index (χ2v) is 7.64. The van der Waals surface area contributed by atoms with Gasteiger partial charge in [0.1, 0.15) is 18.1 Å². The molecular weight excluding hydrogens is 419 g/mol. The Morgan fingerprint density at radius 3 is 2.67 bits per heavy atom. The van der Waals surface area contributed by atoms with Crippen LogP contribution in [-0.4, -0.2) is 23.9 Å². The molecule has 2 heterocycles. The SMILES string of the molecule is O=C(NCC(O)c1ccc(OC(F)(F)F)cc1)c1cc2c(s1)-c1ccccc1OC2. The molecule has 2 aromatic carbocycles. The van der Waals surface area contributed by atoms with Crippen molar-refractivity contribution in [1.82, 2.24) is 5.32 Å². The van der Waals surface area contributed by atoms with Gasteiger partial charge in [0.2, 0.25) is 0 Å². The fraction of sp³-hybridized carbons (Fsp3) is 0.190. The Morgan fingerprint density at radius 1 is 1.20 bits per heavy atom. The zero-order valence-corrected chi connectivity index (χ0v) is 16.2. The Hall–Kier alpha value is -3.04. The average molecular weight is 435 g/mol. The standard InChI is InChI=1S/C21H16F3NO4S/c22-21(23,24)29-14-7-5-12(6-8-14)16(26)10-25-20(27)18-9-13-11-28-17-4-2-1-3-15(17)19(13)30-18/h1-9,16,26H,10-11H2,(H,25,27). The van der Waals surface area contributed by atoms with Gasteiger partial charge in [0.05, 0.1) is 11.0 Å². The van der Waals surface area contributed by atoms with Gasteiger partial charge in [-0.05, 0) is 35.9 Å². The molecule has 1 amide bonds. The number of carbonyl (C=O) groups is 1. The lowest BCUT2D eigenvalue weighted by molar-refractivity contribution is -0.274. The first-order chi connectivity index (χ1) is 14.3. The van der Waals surface area contributed by atoms with Crippen LogP contribution in [0.4, 0.5) is 13.2 Å². The molecule has 0 radical (unpaired) electrons. The third-order valence-electron chi connectivity index (χ3n) is 4.50. The minimum absolute atomic E-state index is 0.0893. The van der Waals surface area contributed by atoms with Crippen molar-refractivity contribution in [2.24, 2.45) is 0 Å². The molecule has 4 rings (SSSR count). The van der Waals surface area contributed by atoms with Gasteiger partial charge < -0.3 is 19.9 Å². The number of amides is 1. The van der Waals surface area contributed by atoms with E-state index in [0.29, 0.717) is 17.0 Å². The van der Waals surface area contributed by atoms with E-state index in [2.05, 4.69) is 10.1 Å². The molecule has 0 saturated carbocycles. The second kappa shape index (κ2) is 8.00. The van der Waals surface area contributed by atoms with E-state index in [-0.39, 0.29) is 18.2 Å². The number of benzene rings is 2. The van der Waals surface area contributed by atoms with E-state index in [0.717, 1.165) is 33.9 Å². The highest BCUT2D eigenvalue weighted by molar-refractivity contribution is 7.17. The highest BCUT2D eigenvalue weighted by Gasteiger charge is 2.31. The van der Waals surface area contributed by atoms with Crippen molar-refractivity contribution in [1.29, 1.82) is 0 Å². The number of thiophene rings is 1. The van der Waals surface area contributed by atoms with Crippen LogP contribution in [0.1, 0.15) is 26.9 Å². The fourth-order valence-corrected chi connectivity index (χ4v) is 4.21. The molecule has 3 aromatic rings. The number of aliphatic hydroxyl groups excluding tert-OH is 1. The van der Waals surface area contributed by atoms with Crippen molar-refractivity contribution < 1.29 is 32.5 Å². The summed E-state index contributed by atoms with van der Waals surface area (Å²) in [5.41, 5.74) is 2.21. The molecule has 0 bridgehead atoms. The van der Waals surface area contributed by atoms with Crippen molar-refractivity contribution in [2.45, 2.75) is 19.1 Å². The second-order valence-electron chi connectivity index (χ2n) is 6.59. The molecule has 5 nitrogen and oxygen atoms in total. The Balaban J connectivity index is 1.39. The molecule has 9 heteroatoms. The van der Waals surface area contributed by atoms with Crippen molar-refractivity contribution in [3.05, 3.63) is 70.6 Å². The van der Waals surface area contributed by atoms with Gasteiger partial charge in [0, 0.05) is 22.5 Å². The third kappa shape index (κ3) is 4.42. The first-order valence-electron chi connectivity index (χ1n) is 8.97. The summed E-state index contributed by atoms with van der Waals surface area (Å²) in [7, 11) is 0. The maximum Gasteiger partial charge on any atom is 0.573 e. The van der Waals surface area contributed by atoms with Crippen LogP contribution in [0.15, 0.2) is 54.6 Å².